The number of fused-ring (bicyclic) bond motifs is 1. The number of hydrogen-bond acceptors (Lipinski definition) is 5. The molecule has 1 unspecified atom stereocenters. The van der Waals surface area contributed by atoms with Crippen LogP contribution in [0.25, 0.3) is 5.70 Å². The molecule has 0 aromatic heterocycles. The van der Waals surface area contributed by atoms with Crippen LogP contribution in [-0.2, 0) is 11.2 Å². The third kappa shape index (κ3) is 4.37. The van der Waals surface area contributed by atoms with Gasteiger partial charge in [0.1, 0.15) is 5.75 Å². The van der Waals surface area contributed by atoms with E-state index in [9.17, 15) is 4.79 Å². The minimum Gasteiger partial charge on any atom is -0.493 e. The molecular weight excluding hydrogens is 401 g/mol. The van der Waals surface area contributed by atoms with Gasteiger partial charge in [0, 0.05) is 28.9 Å². The molecule has 7 heteroatoms. The highest BCUT2D eigenvalue weighted by atomic mass is 35.5. The van der Waals surface area contributed by atoms with Crippen molar-refractivity contribution >= 4 is 34.7 Å². The van der Waals surface area contributed by atoms with Gasteiger partial charge in [-0.3, -0.25) is 4.79 Å². The quantitative estimate of drug-likeness (QED) is 0.694. The van der Waals surface area contributed by atoms with Gasteiger partial charge in [-0.05, 0) is 49.2 Å². The van der Waals surface area contributed by atoms with Crippen LogP contribution < -0.4 is 19.5 Å². The van der Waals surface area contributed by atoms with E-state index in [4.69, 9.17) is 37.4 Å². The first-order valence-electron chi connectivity index (χ1n) is 8.79. The maximum Gasteiger partial charge on any atom is 0.197 e. The standard InChI is InChI=1S/C21H21Cl2NO4/c1-12(28-19-5-4-14(22)9-16(19)23)18(25)11-17-15-10-21(27-3)20(26-2)8-13(15)6-7-24-17/h4-5,8-12,24H,6-7H2,1-3H3/b17-11-. The van der Waals surface area contributed by atoms with Crippen LogP contribution in [-0.4, -0.2) is 32.7 Å². The minimum atomic E-state index is -0.710. The average Bonchev–Trinajstić information content (AvgIpc) is 2.69. The van der Waals surface area contributed by atoms with Crippen molar-refractivity contribution in [3.63, 3.8) is 0 Å². The summed E-state index contributed by atoms with van der Waals surface area (Å²) in [5.41, 5.74) is 2.73. The number of ether oxygens (including phenoxy) is 3. The molecule has 0 spiro atoms. The van der Waals surface area contributed by atoms with Gasteiger partial charge in [-0.2, -0.15) is 0 Å². The van der Waals surface area contributed by atoms with E-state index < -0.39 is 6.10 Å². The molecule has 0 amide bonds. The number of nitrogens with one attached hydrogen (secondary N) is 1. The van der Waals surface area contributed by atoms with Crippen LogP contribution in [0.4, 0.5) is 0 Å². The fraction of sp³-hybridized carbons (Fsp3) is 0.286. The number of carbonyl (C=O) groups is 1. The molecule has 2 aromatic carbocycles. The van der Waals surface area contributed by atoms with Crippen molar-refractivity contribution in [2.24, 2.45) is 0 Å². The molecule has 148 valence electrons. The Labute approximate surface area is 174 Å². The number of benzene rings is 2. The summed E-state index contributed by atoms with van der Waals surface area (Å²) >= 11 is 12.0. The van der Waals surface area contributed by atoms with E-state index in [1.807, 2.05) is 12.1 Å². The van der Waals surface area contributed by atoms with Gasteiger partial charge in [0.25, 0.3) is 0 Å². The first-order chi connectivity index (χ1) is 13.4. The minimum absolute atomic E-state index is 0.184. The fourth-order valence-electron chi connectivity index (χ4n) is 3.01. The molecule has 1 atom stereocenters. The Morgan fingerprint density at radius 1 is 1.11 bits per heavy atom. The Kier molecular flexibility index (Phi) is 6.37. The third-order valence-corrected chi connectivity index (χ3v) is 5.02. The smallest absolute Gasteiger partial charge is 0.197 e. The molecule has 1 aliphatic rings. The molecule has 2 aromatic rings. The zero-order valence-corrected chi connectivity index (χ0v) is 17.4. The normalized spacial score (nSPS) is 15.4. The lowest BCUT2D eigenvalue weighted by atomic mass is 9.96. The molecule has 0 saturated heterocycles. The highest BCUT2D eigenvalue weighted by Gasteiger charge is 2.21. The molecule has 28 heavy (non-hydrogen) atoms. The molecule has 0 fully saturated rings. The largest absolute Gasteiger partial charge is 0.493 e. The predicted octanol–water partition coefficient (Wildman–Crippen LogP) is 4.53. The lowest BCUT2D eigenvalue weighted by Gasteiger charge is -2.23. The van der Waals surface area contributed by atoms with Gasteiger partial charge >= 0.3 is 0 Å². The fourth-order valence-corrected chi connectivity index (χ4v) is 3.47. The lowest BCUT2D eigenvalue weighted by Crippen LogP contribution is -2.27. The van der Waals surface area contributed by atoms with Crippen LogP contribution in [0, 0.1) is 0 Å². The second kappa shape index (κ2) is 8.76. The molecule has 0 aliphatic carbocycles. The zero-order valence-electron chi connectivity index (χ0n) is 15.8. The average molecular weight is 422 g/mol. The van der Waals surface area contributed by atoms with Gasteiger partial charge in [0.15, 0.2) is 23.4 Å². The molecule has 1 aliphatic heterocycles. The molecule has 3 rings (SSSR count). The maximum absolute atomic E-state index is 12.7. The summed E-state index contributed by atoms with van der Waals surface area (Å²) in [7, 11) is 3.19. The highest BCUT2D eigenvalue weighted by Crippen LogP contribution is 2.35. The Morgan fingerprint density at radius 2 is 1.82 bits per heavy atom. The van der Waals surface area contributed by atoms with Crippen molar-refractivity contribution in [3.05, 3.63) is 57.6 Å². The molecule has 0 radical (unpaired) electrons. The second-order valence-electron chi connectivity index (χ2n) is 6.34. The summed E-state index contributed by atoms with van der Waals surface area (Å²) in [6.45, 7) is 2.41. The monoisotopic (exact) mass is 421 g/mol. The highest BCUT2D eigenvalue weighted by molar-refractivity contribution is 6.35. The van der Waals surface area contributed by atoms with E-state index in [0.29, 0.717) is 27.3 Å². The van der Waals surface area contributed by atoms with E-state index in [2.05, 4.69) is 5.32 Å². The van der Waals surface area contributed by atoms with Crippen LogP contribution in [0.2, 0.25) is 10.0 Å². The number of methoxy groups -OCH3 is 2. The summed E-state index contributed by atoms with van der Waals surface area (Å²) in [4.78, 5) is 12.7. The van der Waals surface area contributed by atoms with Crippen LogP contribution in [0.5, 0.6) is 17.2 Å². The van der Waals surface area contributed by atoms with Crippen LogP contribution in [0.15, 0.2) is 36.4 Å². The van der Waals surface area contributed by atoms with E-state index in [-0.39, 0.29) is 5.78 Å². The van der Waals surface area contributed by atoms with Crippen molar-refractivity contribution in [3.8, 4) is 17.2 Å². The number of carbonyl (C=O) groups excluding carboxylic acids is 1. The van der Waals surface area contributed by atoms with Crippen molar-refractivity contribution in [2.45, 2.75) is 19.4 Å². The van der Waals surface area contributed by atoms with Crippen molar-refractivity contribution in [2.75, 3.05) is 20.8 Å². The Balaban J connectivity index is 1.84. The summed E-state index contributed by atoms with van der Waals surface area (Å²) < 4.78 is 16.5. The predicted molar refractivity (Wildman–Crippen MR) is 111 cm³/mol. The summed E-state index contributed by atoms with van der Waals surface area (Å²) in [6.07, 6.45) is 1.67. The van der Waals surface area contributed by atoms with Gasteiger partial charge in [-0.1, -0.05) is 23.2 Å². The molecular formula is C21H21Cl2NO4. The van der Waals surface area contributed by atoms with E-state index in [0.717, 1.165) is 29.8 Å². The molecule has 5 nitrogen and oxygen atoms in total. The molecule has 1 heterocycles. The first-order valence-corrected chi connectivity index (χ1v) is 9.55. The maximum atomic E-state index is 12.7. The molecule has 0 saturated carbocycles. The van der Waals surface area contributed by atoms with Crippen molar-refractivity contribution < 1.29 is 19.0 Å². The summed E-state index contributed by atoms with van der Waals surface area (Å²) in [5, 5.41) is 4.14. The topological polar surface area (TPSA) is 56.8 Å². The van der Waals surface area contributed by atoms with Gasteiger partial charge in [0.2, 0.25) is 0 Å². The van der Waals surface area contributed by atoms with Gasteiger partial charge in [-0.15, -0.1) is 0 Å². The third-order valence-electron chi connectivity index (χ3n) is 4.49. The number of ketones is 1. The molecule has 0 bridgehead atoms. The van der Waals surface area contributed by atoms with E-state index in [1.165, 1.54) is 0 Å². The Bertz CT molecular complexity index is 927. The number of hydrogen-bond donors (Lipinski definition) is 1. The Morgan fingerprint density at radius 3 is 2.50 bits per heavy atom. The second-order valence-corrected chi connectivity index (χ2v) is 7.18. The van der Waals surface area contributed by atoms with Crippen molar-refractivity contribution in [1.82, 2.24) is 5.32 Å². The van der Waals surface area contributed by atoms with Gasteiger partial charge in [-0.25, -0.2) is 0 Å². The van der Waals surface area contributed by atoms with Crippen molar-refractivity contribution in [1.29, 1.82) is 0 Å². The number of rotatable bonds is 6. The SMILES string of the molecule is COc1cc2c(cc1OC)/C(=C/C(=O)C(C)Oc1ccc(Cl)cc1Cl)NCC2. The lowest BCUT2D eigenvalue weighted by molar-refractivity contribution is -0.120. The van der Waals surface area contributed by atoms with Crippen LogP contribution in [0.1, 0.15) is 18.1 Å². The zero-order chi connectivity index (χ0) is 20.3. The first kappa shape index (κ1) is 20.4. The summed E-state index contributed by atoms with van der Waals surface area (Å²) in [6, 6.07) is 8.71. The Hall–Kier alpha value is -2.37. The van der Waals surface area contributed by atoms with E-state index in [1.54, 1.807) is 45.4 Å². The summed E-state index contributed by atoms with van der Waals surface area (Å²) in [5.74, 6) is 1.51. The molecule has 1 N–H and O–H groups in total. The van der Waals surface area contributed by atoms with Gasteiger partial charge < -0.3 is 19.5 Å². The van der Waals surface area contributed by atoms with Gasteiger partial charge in [0.05, 0.1) is 19.2 Å². The van der Waals surface area contributed by atoms with Crippen LogP contribution >= 0.6 is 23.2 Å². The number of halogens is 2. The van der Waals surface area contributed by atoms with E-state index >= 15 is 0 Å². The van der Waals surface area contributed by atoms with Crippen LogP contribution in [0.3, 0.4) is 0 Å².